The molecule has 0 unspecified atom stereocenters. The Bertz CT molecular complexity index is 1260. The number of aliphatic carboxylic acids is 2. The summed E-state index contributed by atoms with van der Waals surface area (Å²) >= 11 is 0. The number of nitrogens with zero attached hydrogens (tertiary/aromatic N) is 4. The van der Waals surface area contributed by atoms with Crippen LogP contribution in [-0.4, -0.2) is 92.2 Å². The smallest absolute Gasteiger partial charge is 0.478 e. The Hall–Kier alpha value is -4.32. The lowest BCUT2D eigenvalue weighted by atomic mass is 10.4. The first-order valence-corrected chi connectivity index (χ1v) is 14.1. The van der Waals surface area contributed by atoms with Gasteiger partial charge in [0.2, 0.25) is 13.6 Å². The Morgan fingerprint density at radius 1 is 0.930 bits per heavy atom. The minimum absolute atomic E-state index is 0. The lowest BCUT2D eigenvalue weighted by molar-refractivity contribution is -0.134. The minimum Gasteiger partial charge on any atom is -0.478 e. The second-order valence-corrected chi connectivity index (χ2v) is 10.7. The van der Waals surface area contributed by atoms with E-state index in [1.807, 2.05) is 0 Å². The highest BCUT2D eigenvalue weighted by atomic mass is 31.2. The molecule has 2 heterocycles. The maximum Gasteiger partial charge on any atom is 0.510 e. The van der Waals surface area contributed by atoms with Crippen LogP contribution >= 0.6 is 7.60 Å². The van der Waals surface area contributed by atoms with Gasteiger partial charge in [0.1, 0.15) is 18.2 Å². The molecular formula is C23H36N5O14P. The fourth-order valence-electron chi connectivity index (χ4n) is 2.60. The summed E-state index contributed by atoms with van der Waals surface area (Å²) < 4.78 is 49.7. The van der Waals surface area contributed by atoms with Gasteiger partial charge >= 0.3 is 31.8 Å². The molecule has 0 fully saturated rings. The average Bonchev–Trinajstić information content (AvgIpc) is 3.30. The summed E-state index contributed by atoms with van der Waals surface area (Å²) in [5.74, 6) is -2.28. The van der Waals surface area contributed by atoms with Crippen LogP contribution in [0.5, 0.6) is 0 Å². The van der Waals surface area contributed by atoms with Gasteiger partial charge in [-0.15, -0.1) is 0 Å². The van der Waals surface area contributed by atoms with Crippen molar-refractivity contribution in [2.75, 3.05) is 25.7 Å². The molecule has 0 saturated carbocycles. The summed E-state index contributed by atoms with van der Waals surface area (Å²) in [6.07, 6.45) is -0.0196. The van der Waals surface area contributed by atoms with Crippen molar-refractivity contribution in [3.8, 4) is 0 Å². The van der Waals surface area contributed by atoms with Crippen LogP contribution in [0.2, 0.25) is 0 Å². The Labute approximate surface area is 246 Å². The molecule has 0 aromatic carbocycles. The molecule has 0 radical (unpaired) electrons. The lowest BCUT2D eigenvalue weighted by Crippen LogP contribution is -2.20. The van der Waals surface area contributed by atoms with Gasteiger partial charge < -0.3 is 44.2 Å². The Morgan fingerprint density at radius 3 is 1.91 bits per heavy atom. The van der Waals surface area contributed by atoms with E-state index in [4.69, 9.17) is 48.7 Å². The van der Waals surface area contributed by atoms with Crippen LogP contribution < -0.4 is 5.73 Å². The Balaban J connectivity index is 0.00000180. The number of anilines is 1. The van der Waals surface area contributed by atoms with Crippen molar-refractivity contribution in [1.82, 2.24) is 19.5 Å². The molecular weight excluding hydrogens is 601 g/mol. The van der Waals surface area contributed by atoms with E-state index in [2.05, 4.69) is 15.0 Å². The van der Waals surface area contributed by atoms with E-state index in [-0.39, 0.29) is 13.8 Å². The van der Waals surface area contributed by atoms with Gasteiger partial charge in [0.25, 0.3) is 0 Å². The van der Waals surface area contributed by atoms with E-state index >= 15 is 0 Å². The van der Waals surface area contributed by atoms with E-state index < -0.39 is 70.1 Å². The number of ether oxygens (including phenoxy) is 5. The Kier molecular flexibility index (Phi) is 15.6. The molecule has 242 valence electrons. The van der Waals surface area contributed by atoms with Gasteiger partial charge in [-0.05, 0) is 34.6 Å². The van der Waals surface area contributed by atoms with Gasteiger partial charge in [0.05, 0.1) is 31.2 Å². The van der Waals surface area contributed by atoms with Gasteiger partial charge in [0, 0.05) is 13.6 Å². The zero-order chi connectivity index (χ0) is 32.6. The third-order valence-electron chi connectivity index (χ3n) is 4.29. The van der Waals surface area contributed by atoms with E-state index in [0.29, 0.717) is 23.3 Å². The molecule has 2 aromatic rings. The maximum absolute atomic E-state index is 13.1. The number of imidazole rings is 1. The van der Waals surface area contributed by atoms with Crippen LogP contribution in [-0.2, 0) is 53.4 Å². The summed E-state index contributed by atoms with van der Waals surface area (Å²) in [6.45, 7) is 6.98. The van der Waals surface area contributed by atoms with Gasteiger partial charge in [-0.2, -0.15) is 0 Å². The maximum atomic E-state index is 13.1. The fourth-order valence-corrected chi connectivity index (χ4v) is 3.68. The molecule has 20 heteroatoms. The second-order valence-electron chi connectivity index (χ2n) is 8.67. The molecule has 4 N–H and O–H groups in total. The number of nitrogen functional groups attached to an aromatic ring is 1. The quantitative estimate of drug-likeness (QED) is 0.110. The number of carbonyl (C=O) groups is 4. The second kappa shape index (κ2) is 18.3. The van der Waals surface area contributed by atoms with Crippen LogP contribution in [0.4, 0.5) is 15.4 Å². The van der Waals surface area contributed by atoms with Gasteiger partial charge in [-0.1, -0.05) is 0 Å². The fraction of sp³-hybridized carbons (Fsp3) is 0.522. The van der Waals surface area contributed by atoms with E-state index in [1.54, 1.807) is 39.2 Å². The number of rotatable bonds is 15. The van der Waals surface area contributed by atoms with Crippen LogP contribution in [0.3, 0.4) is 0 Å². The molecule has 2 aromatic heterocycles. The number of hydrogen-bond acceptors (Lipinski definition) is 16. The van der Waals surface area contributed by atoms with Crippen molar-refractivity contribution in [2.45, 2.75) is 59.5 Å². The van der Waals surface area contributed by atoms with Crippen molar-refractivity contribution in [3.63, 3.8) is 0 Å². The first-order chi connectivity index (χ1) is 20.1. The topological polar surface area (TPSA) is 260 Å². The number of nitrogens with two attached hydrogens (primary N) is 1. The molecule has 2 rings (SSSR count). The zero-order valence-electron chi connectivity index (χ0n) is 24.0. The molecule has 0 amide bonds. The number of carbonyl (C=O) groups excluding carboxylic acids is 2. The summed E-state index contributed by atoms with van der Waals surface area (Å²) in [7, 11) is -4.06. The first-order valence-electron chi connectivity index (χ1n) is 12.3. The molecule has 0 aliphatic rings. The minimum atomic E-state index is -4.06. The van der Waals surface area contributed by atoms with Crippen LogP contribution in [0, 0.1) is 0 Å². The van der Waals surface area contributed by atoms with E-state index in [9.17, 15) is 23.7 Å². The standard InChI is InChI=1S/C19H30N5O10P.C4H4O4.H2/c1-12(2)33-18(25)28-9-31-35(27,32-10-29-19(26)34-13(3)4)11-30-14(5)6-24-8-23-15-16(20)21-7-22-17(15)24;5-3(6)1-2-4(7)8;/h7-8,12-14H,6,9-11H2,1-5H3,(H2,20,21,22);1-2H,(H,5,6)(H,7,8);1H/b;2-1+;/t14-;;/m1../s1. The third-order valence-corrected chi connectivity index (χ3v) is 5.75. The summed E-state index contributed by atoms with van der Waals surface area (Å²) in [5, 5.41) is 15.6. The van der Waals surface area contributed by atoms with Gasteiger partial charge in [0.15, 0.2) is 11.5 Å². The predicted molar refractivity (Wildman–Crippen MR) is 147 cm³/mol. The number of carboxylic acids is 2. The summed E-state index contributed by atoms with van der Waals surface area (Å²) in [5.41, 5.74) is 6.72. The number of aromatic nitrogens is 4. The van der Waals surface area contributed by atoms with Crippen molar-refractivity contribution in [3.05, 3.63) is 24.8 Å². The molecule has 19 nitrogen and oxygen atoms in total. The largest absolute Gasteiger partial charge is 0.510 e. The normalized spacial score (nSPS) is 12.1. The zero-order valence-corrected chi connectivity index (χ0v) is 24.9. The SMILES string of the molecule is CC(C)OC(=O)OCOP(=O)(CO[C@H](C)Cn1cnc2c(N)ncnc21)OCOC(=O)OC(C)C.O=C(O)/C=C/C(=O)O.[HH]. The molecule has 0 aliphatic heterocycles. The molecule has 0 saturated heterocycles. The summed E-state index contributed by atoms with van der Waals surface area (Å²) in [6, 6.07) is 0. The summed E-state index contributed by atoms with van der Waals surface area (Å²) in [4.78, 5) is 54.3. The number of carboxylic acid groups (broad SMARTS) is 2. The molecule has 0 aliphatic carbocycles. The Morgan fingerprint density at radius 2 is 1.44 bits per heavy atom. The molecule has 43 heavy (non-hydrogen) atoms. The van der Waals surface area contributed by atoms with Crippen molar-refractivity contribution in [2.24, 2.45) is 0 Å². The highest BCUT2D eigenvalue weighted by Gasteiger charge is 2.29. The number of hydrogen-bond donors (Lipinski definition) is 3. The van der Waals surface area contributed by atoms with Crippen LogP contribution in [0.1, 0.15) is 36.0 Å². The average molecular weight is 638 g/mol. The van der Waals surface area contributed by atoms with Crippen LogP contribution in [0.25, 0.3) is 11.2 Å². The lowest BCUT2D eigenvalue weighted by Gasteiger charge is -2.21. The van der Waals surface area contributed by atoms with Crippen molar-refractivity contribution in [1.29, 1.82) is 0 Å². The van der Waals surface area contributed by atoms with Crippen molar-refractivity contribution >= 4 is 48.8 Å². The predicted octanol–water partition coefficient (Wildman–Crippen LogP) is 2.99. The first kappa shape index (κ1) is 36.7. The van der Waals surface area contributed by atoms with E-state index in [0.717, 1.165) is 0 Å². The number of fused-ring (bicyclic) bond motifs is 1. The molecule has 0 spiro atoms. The van der Waals surface area contributed by atoms with Crippen molar-refractivity contribution < 1.29 is 68.1 Å². The monoisotopic (exact) mass is 637 g/mol. The highest BCUT2D eigenvalue weighted by Crippen LogP contribution is 2.48. The highest BCUT2D eigenvalue weighted by molar-refractivity contribution is 7.53. The van der Waals surface area contributed by atoms with Gasteiger partial charge in [-0.25, -0.2) is 34.1 Å². The van der Waals surface area contributed by atoms with Gasteiger partial charge in [-0.3, -0.25) is 13.6 Å². The molecule has 1 atom stereocenters. The van der Waals surface area contributed by atoms with E-state index in [1.165, 1.54) is 12.7 Å². The third kappa shape index (κ3) is 15.5. The van der Waals surface area contributed by atoms with Crippen LogP contribution in [0.15, 0.2) is 24.8 Å². The molecule has 0 bridgehead atoms.